The summed E-state index contributed by atoms with van der Waals surface area (Å²) in [6.07, 6.45) is 3.48. The average Bonchev–Trinajstić information content (AvgIpc) is 3.05. The second-order valence-electron chi connectivity index (χ2n) is 5.74. The second-order valence-corrected chi connectivity index (χ2v) is 6.66. The van der Waals surface area contributed by atoms with E-state index in [0.717, 1.165) is 34.4 Å². The molecule has 6 nitrogen and oxygen atoms in total. The number of rotatable bonds is 2. The third-order valence-electron chi connectivity index (χ3n) is 4.22. The molecule has 1 aromatic carbocycles. The van der Waals surface area contributed by atoms with Crippen LogP contribution in [0.25, 0.3) is 10.9 Å². The smallest absolute Gasteiger partial charge is 0.270 e. The highest BCUT2D eigenvalue weighted by Gasteiger charge is 2.24. The van der Waals surface area contributed by atoms with Gasteiger partial charge in [0, 0.05) is 53.9 Å². The summed E-state index contributed by atoms with van der Waals surface area (Å²) in [6, 6.07) is 9.67. The number of nitrogens with one attached hydrogen (secondary N) is 1. The lowest BCUT2D eigenvalue weighted by Gasteiger charge is -2.34. The highest BCUT2D eigenvalue weighted by molar-refractivity contribution is 9.10. The first kappa shape index (κ1) is 15.1. The number of carbonyl (C=O) groups is 1. The van der Waals surface area contributed by atoms with Gasteiger partial charge in [-0.05, 0) is 24.3 Å². The maximum Gasteiger partial charge on any atom is 0.270 e. The highest BCUT2D eigenvalue weighted by Crippen LogP contribution is 2.21. The Bertz CT molecular complexity index is 871. The number of nitrogens with zero attached hydrogens (tertiary/aromatic N) is 4. The fraction of sp³-hybridized carbons (Fsp3) is 0.235. The quantitative estimate of drug-likeness (QED) is 0.736. The van der Waals surface area contributed by atoms with E-state index in [1.54, 1.807) is 18.5 Å². The minimum absolute atomic E-state index is 0.0379. The molecule has 4 rings (SSSR count). The van der Waals surface area contributed by atoms with Crippen molar-refractivity contribution in [2.45, 2.75) is 0 Å². The van der Waals surface area contributed by atoms with Crippen molar-refractivity contribution in [1.82, 2.24) is 19.9 Å². The fourth-order valence-electron chi connectivity index (χ4n) is 2.95. The molecule has 3 heterocycles. The molecule has 1 N–H and O–H groups in total. The Kier molecular flexibility index (Phi) is 3.93. The van der Waals surface area contributed by atoms with Crippen LogP contribution in [0.2, 0.25) is 0 Å². The van der Waals surface area contributed by atoms with Crippen molar-refractivity contribution in [3.05, 3.63) is 52.9 Å². The van der Waals surface area contributed by atoms with E-state index >= 15 is 0 Å². The number of benzene rings is 1. The summed E-state index contributed by atoms with van der Waals surface area (Å²) in [7, 11) is 0. The van der Waals surface area contributed by atoms with Gasteiger partial charge in [-0.3, -0.25) is 4.79 Å². The van der Waals surface area contributed by atoms with E-state index in [-0.39, 0.29) is 5.91 Å². The van der Waals surface area contributed by atoms with Crippen molar-refractivity contribution in [2.75, 3.05) is 31.1 Å². The van der Waals surface area contributed by atoms with Gasteiger partial charge >= 0.3 is 0 Å². The summed E-state index contributed by atoms with van der Waals surface area (Å²) >= 11 is 3.45. The fourth-order valence-corrected chi connectivity index (χ4v) is 3.31. The first-order valence-electron chi connectivity index (χ1n) is 7.80. The minimum Gasteiger partial charge on any atom is -0.350 e. The van der Waals surface area contributed by atoms with Crippen LogP contribution in [0.15, 0.2) is 47.2 Å². The predicted octanol–water partition coefficient (Wildman–Crippen LogP) is 2.68. The highest BCUT2D eigenvalue weighted by atomic mass is 79.9. The zero-order chi connectivity index (χ0) is 16.5. The molecule has 0 radical (unpaired) electrons. The van der Waals surface area contributed by atoms with Crippen LogP contribution in [-0.4, -0.2) is 51.9 Å². The lowest BCUT2D eigenvalue weighted by molar-refractivity contribution is 0.0741. The SMILES string of the molecule is O=C(c1cc2ccc(Br)cc2[nH]1)N1CCN(c2ncccn2)CC1. The van der Waals surface area contributed by atoms with Crippen molar-refractivity contribution >= 4 is 38.7 Å². The van der Waals surface area contributed by atoms with Gasteiger partial charge in [-0.1, -0.05) is 22.0 Å². The van der Waals surface area contributed by atoms with Crippen LogP contribution in [0.4, 0.5) is 5.95 Å². The number of hydrogen-bond acceptors (Lipinski definition) is 4. The molecule has 24 heavy (non-hydrogen) atoms. The number of H-pyrrole nitrogens is 1. The number of aromatic amines is 1. The van der Waals surface area contributed by atoms with Crippen molar-refractivity contribution in [1.29, 1.82) is 0 Å². The van der Waals surface area contributed by atoms with E-state index < -0.39 is 0 Å². The number of piperazine rings is 1. The van der Waals surface area contributed by atoms with Crippen molar-refractivity contribution < 1.29 is 4.79 Å². The molecule has 0 saturated carbocycles. The molecule has 0 aliphatic carbocycles. The van der Waals surface area contributed by atoms with E-state index in [1.165, 1.54) is 0 Å². The Morgan fingerprint density at radius 3 is 2.58 bits per heavy atom. The molecule has 1 saturated heterocycles. The Balaban J connectivity index is 1.47. The molecular weight excluding hydrogens is 370 g/mol. The maximum absolute atomic E-state index is 12.7. The number of anilines is 1. The van der Waals surface area contributed by atoms with E-state index in [9.17, 15) is 4.79 Å². The average molecular weight is 386 g/mol. The van der Waals surface area contributed by atoms with Gasteiger partial charge in [-0.15, -0.1) is 0 Å². The Morgan fingerprint density at radius 2 is 1.83 bits per heavy atom. The standard InChI is InChI=1S/C17H16BrN5O/c18-13-3-2-12-10-15(21-14(12)11-13)16(24)22-6-8-23(9-7-22)17-19-4-1-5-20-17/h1-5,10-11,21H,6-9H2. The first-order valence-corrected chi connectivity index (χ1v) is 8.59. The molecule has 122 valence electrons. The zero-order valence-corrected chi connectivity index (χ0v) is 14.5. The summed E-state index contributed by atoms with van der Waals surface area (Å²) in [6.45, 7) is 2.80. The Labute approximate surface area is 147 Å². The van der Waals surface area contributed by atoms with E-state index in [1.807, 2.05) is 29.2 Å². The van der Waals surface area contributed by atoms with Crippen LogP contribution in [0.5, 0.6) is 0 Å². The number of halogens is 1. The van der Waals surface area contributed by atoms with Crippen LogP contribution >= 0.6 is 15.9 Å². The van der Waals surface area contributed by atoms with Gasteiger partial charge < -0.3 is 14.8 Å². The molecule has 1 aliphatic rings. The van der Waals surface area contributed by atoms with Crippen LogP contribution < -0.4 is 4.90 Å². The largest absolute Gasteiger partial charge is 0.350 e. The molecule has 7 heteroatoms. The first-order chi connectivity index (χ1) is 11.7. The van der Waals surface area contributed by atoms with Crippen molar-refractivity contribution in [2.24, 2.45) is 0 Å². The van der Waals surface area contributed by atoms with Gasteiger partial charge in [0.1, 0.15) is 5.69 Å². The van der Waals surface area contributed by atoms with Crippen LogP contribution in [0, 0.1) is 0 Å². The van der Waals surface area contributed by atoms with Gasteiger partial charge in [0.15, 0.2) is 0 Å². The molecule has 1 fully saturated rings. The van der Waals surface area contributed by atoms with Gasteiger partial charge in [0.2, 0.25) is 5.95 Å². The summed E-state index contributed by atoms with van der Waals surface area (Å²) in [5.74, 6) is 0.760. The Hall–Kier alpha value is -2.41. The zero-order valence-electron chi connectivity index (χ0n) is 12.9. The number of amides is 1. The molecule has 0 unspecified atom stereocenters. The third-order valence-corrected chi connectivity index (χ3v) is 4.71. The summed E-state index contributed by atoms with van der Waals surface area (Å²) in [5.41, 5.74) is 1.59. The van der Waals surface area contributed by atoms with Crippen molar-refractivity contribution in [3.63, 3.8) is 0 Å². The van der Waals surface area contributed by atoms with Gasteiger partial charge in [-0.25, -0.2) is 9.97 Å². The lowest BCUT2D eigenvalue weighted by Crippen LogP contribution is -2.49. The molecule has 1 aliphatic heterocycles. The van der Waals surface area contributed by atoms with E-state index in [4.69, 9.17) is 0 Å². The normalized spacial score (nSPS) is 15.0. The molecule has 0 spiro atoms. The van der Waals surface area contributed by atoms with Crippen LogP contribution in [0.3, 0.4) is 0 Å². The van der Waals surface area contributed by atoms with E-state index in [0.29, 0.717) is 18.8 Å². The minimum atomic E-state index is 0.0379. The molecule has 3 aromatic rings. The summed E-state index contributed by atoms with van der Waals surface area (Å²) in [4.78, 5) is 28.5. The number of aromatic nitrogens is 3. The predicted molar refractivity (Wildman–Crippen MR) is 96.1 cm³/mol. The topological polar surface area (TPSA) is 65.1 Å². The molecule has 2 aromatic heterocycles. The molecule has 1 amide bonds. The third kappa shape index (κ3) is 2.87. The summed E-state index contributed by atoms with van der Waals surface area (Å²) in [5, 5.41) is 1.04. The maximum atomic E-state index is 12.7. The number of hydrogen-bond donors (Lipinski definition) is 1. The second kappa shape index (κ2) is 6.24. The van der Waals surface area contributed by atoms with E-state index in [2.05, 4.69) is 35.8 Å². The van der Waals surface area contributed by atoms with Gasteiger partial charge in [0.05, 0.1) is 0 Å². The molecule has 0 bridgehead atoms. The molecular formula is C17H16BrN5O. The van der Waals surface area contributed by atoms with Gasteiger partial charge in [-0.2, -0.15) is 0 Å². The summed E-state index contributed by atoms with van der Waals surface area (Å²) < 4.78 is 0.993. The number of fused-ring (bicyclic) bond motifs is 1. The lowest BCUT2D eigenvalue weighted by atomic mass is 10.2. The van der Waals surface area contributed by atoms with Crippen LogP contribution in [-0.2, 0) is 0 Å². The Morgan fingerprint density at radius 1 is 1.08 bits per heavy atom. The van der Waals surface area contributed by atoms with Crippen molar-refractivity contribution in [3.8, 4) is 0 Å². The van der Waals surface area contributed by atoms with Crippen LogP contribution in [0.1, 0.15) is 10.5 Å². The van der Waals surface area contributed by atoms with Gasteiger partial charge in [0.25, 0.3) is 5.91 Å². The molecule has 0 atom stereocenters. The number of carbonyl (C=O) groups excluding carboxylic acids is 1. The monoisotopic (exact) mass is 385 g/mol.